The molecule has 0 radical (unpaired) electrons. The molecule has 7 heteroatoms. The SMILES string of the molecule is Cc1ccc(CC(=O)N2CCN(c3ccc4nnc(C5CC5)n4n3)CC2)cc1. The van der Waals surface area contributed by atoms with Crippen LogP contribution in [0.1, 0.15) is 35.7 Å². The lowest BCUT2D eigenvalue weighted by atomic mass is 10.1. The van der Waals surface area contributed by atoms with Crippen LogP contribution in [0.3, 0.4) is 0 Å². The van der Waals surface area contributed by atoms with E-state index in [0.717, 1.165) is 49.0 Å². The van der Waals surface area contributed by atoms with E-state index in [2.05, 4.69) is 34.2 Å². The van der Waals surface area contributed by atoms with Crippen LogP contribution in [-0.4, -0.2) is 56.8 Å². The Morgan fingerprint density at radius 3 is 2.46 bits per heavy atom. The molecule has 1 saturated heterocycles. The third-order valence-corrected chi connectivity index (χ3v) is 5.65. The fourth-order valence-corrected chi connectivity index (χ4v) is 3.74. The van der Waals surface area contributed by atoms with E-state index in [1.54, 1.807) is 0 Å². The molecule has 2 aliphatic rings. The van der Waals surface area contributed by atoms with Crippen molar-refractivity contribution < 1.29 is 4.79 Å². The third kappa shape index (κ3) is 3.32. The van der Waals surface area contributed by atoms with Crippen molar-refractivity contribution in [3.63, 3.8) is 0 Å². The van der Waals surface area contributed by atoms with Crippen molar-refractivity contribution in [2.45, 2.75) is 32.1 Å². The van der Waals surface area contributed by atoms with Gasteiger partial charge in [-0.3, -0.25) is 4.79 Å². The third-order valence-electron chi connectivity index (χ3n) is 5.65. The first-order valence-corrected chi connectivity index (χ1v) is 9.98. The van der Waals surface area contributed by atoms with E-state index in [0.29, 0.717) is 12.3 Å². The minimum absolute atomic E-state index is 0.196. The number of hydrogen-bond acceptors (Lipinski definition) is 5. The molecule has 1 aromatic carbocycles. The van der Waals surface area contributed by atoms with E-state index in [1.165, 1.54) is 18.4 Å². The van der Waals surface area contributed by atoms with Gasteiger partial charge in [0.1, 0.15) is 5.82 Å². The van der Waals surface area contributed by atoms with E-state index < -0.39 is 0 Å². The molecule has 3 heterocycles. The maximum Gasteiger partial charge on any atom is 0.227 e. The summed E-state index contributed by atoms with van der Waals surface area (Å²) in [7, 11) is 0. The second-order valence-electron chi connectivity index (χ2n) is 7.82. The van der Waals surface area contributed by atoms with E-state index in [1.807, 2.05) is 33.7 Å². The average Bonchev–Trinajstić information content (AvgIpc) is 3.48. The number of aryl methyl sites for hydroxylation is 1. The molecule has 1 aliphatic heterocycles. The minimum atomic E-state index is 0.196. The molecule has 1 aliphatic carbocycles. The molecular formula is C21H24N6O. The first-order valence-electron chi connectivity index (χ1n) is 9.98. The monoisotopic (exact) mass is 376 g/mol. The number of rotatable bonds is 4. The zero-order chi connectivity index (χ0) is 19.1. The van der Waals surface area contributed by atoms with Crippen molar-refractivity contribution in [3.05, 3.63) is 53.3 Å². The fourth-order valence-electron chi connectivity index (χ4n) is 3.74. The number of amides is 1. The van der Waals surface area contributed by atoms with Gasteiger partial charge in [0.2, 0.25) is 5.91 Å². The standard InChI is InChI=1S/C21H24N6O/c1-15-2-4-16(5-3-15)14-20(28)26-12-10-25(11-13-26)19-9-8-18-22-23-21(17-6-7-17)27(18)24-19/h2-5,8-9,17H,6-7,10-14H2,1H3. The van der Waals surface area contributed by atoms with Gasteiger partial charge in [0.25, 0.3) is 0 Å². The quantitative estimate of drug-likeness (QED) is 0.698. The molecule has 7 nitrogen and oxygen atoms in total. The fraction of sp³-hybridized carbons (Fsp3) is 0.429. The van der Waals surface area contributed by atoms with E-state index in [4.69, 9.17) is 5.10 Å². The predicted molar refractivity (Wildman–Crippen MR) is 106 cm³/mol. The van der Waals surface area contributed by atoms with Crippen LogP contribution < -0.4 is 4.90 Å². The molecule has 1 amide bonds. The predicted octanol–water partition coefficient (Wildman–Crippen LogP) is 2.20. The Labute approximate surface area is 164 Å². The molecule has 0 spiro atoms. The van der Waals surface area contributed by atoms with Gasteiger partial charge in [0, 0.05) is 32.1 Å². The summed E-state index contributed by atoms with van der Waals surface area (Å²) < 4.78 is 1.89. The number of hydrogen-bond donors (Lipinski definition) is 0. The summed E-state index contributed by atoms with van der Waals surface area (Å²) in [5, 5.41) is 13.3. The van der Waals surface area contributed by atoms with Crippen LogP contribution in [0.2, 0.25) is 0 Å². The number of piperazine rings is 1. The van der Waals surface area contributed by atoms with Crippen molar-refractivity contribution in [2.24, 2.45) is 0 Å². The Balaban J connectivity index is 1.24. The molecular weight excluding hydrogens is 352 g/mol. The minimum Gasteiger partial charge on any atom is -0.352 e. The molecule has 0 unspecified atom stereocenters. The Kier molecular flexibility index (Phi) is 4.22. The summed E-state index contributed by atoms with van der Waals surface area (Å²) in [6, 6.07) is 12.2. The van der Waals surface area contributed by atoms with Gasteiger partial charge in [-0.25, -0.2) is 0 Å². The van der Waals surface area contributed by atoms with Crippen molar-refractivity contribution in [3.8, 4) is 0 Å². The highest BCUT2D eigenvalue weighted by atomic mass is 16.2. The molecule has 2 aromatic heterocycles. The van der Waals surface area contributed by atoms with Gasteiger partial charge in [0.05, 0.1) is 6.42 Å². The second-order valence-corrected chi connectivity index (χ2v) is 7.82. The summed E-state index contributed by atoms with van der Waals surface area (Å²) in [4.78, 5) is 16.8. The topological polar surface area (TPSA) is 66.6 Å². The Morgan fingerprint density at radius 1 is 1.00 bits per heavy atom. The van der Waals surface area contributed by atoms with Crippen LogP contribution in [-0.2, 0) is 11.2 Å². The molecule has 2 fully saturated rings. The second kappa shape index (κ2) is 6.89. The van der Waals surface area contributed by atoms with Gasteiger partial charge in [-0.05, 0) is 37.5 Å². The molecule has 0 bridgehead atoms. The molecule has 144 valence electrons. The Bertz CT molecular complexity index is 999. The number of anilines is 1. The lowest BCUT2D eigenvalue weighted by Crippen LogP contribution is -2.49. The van der Waals surface area contributed by atoms with Crippen LogP contribution in [0.4, 0.5) is 5.82 Å². The summed E-state index contributed by atoms with van der Waals surface area (Å²) in [6.45, 7) is 5.09. The molecule has 0 atom stereocenters. The zero-order valence-corrected chi connectivity index (χ0v) is 16.1. The first-order chi connectivity index (χ1) is 13.7. The molecule has 5 rings (SSSR count). The Morgan fingerprint density at radius 2 is 1.75 bits per heavy atom. The van der Waals surface area contributed by atoms with Crippen LogP contribution in [0.15, 0.2) is 36.4 Å². The lowest BCUT2D eigenvalue weighted by molar-refractivity contribution is -0.130. The summed E-state index contributed by atoms with van der Waals surface area (Å²) in [5.41, 5.74) is 3.09. The number of fused-ring (bicyclic) bond motifs is 1. The average molecular weight is 376 g/mol. The number of aromatic nitrogens is 4. The molecule has 1 saturated carbocycles. The largest absolute Gasteiger partial charge is 0.352 e. The maximum absolute atomic E-state index is 12.6. The van der Waals surface area contributed by atoms with Gasteiger partial charge < -0.3 is 9.80 Å². The van der Waals surface area contributed by atoms with Crippen LogP contribution >= 0.6 is 0 Å². The van der Waals surface area contributed by atoms with Crippen molar-refractivity contribution in [1.82, 2.24) is 24.7 Å². The van der Waals surface area contributed by atoms with Crippen LogP contribution in [0.5, 0.6) is 0 Å². The van der Waals surface area contributed by atoms with Crippen molar-refractivity contribution in [2.75, 3.05) is 31.1 Å². The molecule has 0 N–H and O–H groups in total. The van der Waals surface area contributed by atoms with Gasteiger partial charge in [-0.15, -0.1) is 15.3 Å². The molecule has 28 heavy (non-hydrogen) atoms. The van der Waals surface area contributed by atoms with Crippen molar-refractivity contribution >= 4 is 17.4 Å². The lowest BCUT2D eigenvalue weighted by Gasteiger charge is -2.35. The van der Waals surface area contributed by atoms with Gasteiger partial charge in [-0.2, -0.15) is 4.52 Å². The Hall–Kier alpha value is -2.96. The maximum atomic E-state index is 12.6. The number of benzene rings is 1. The van der Waals surface area contributed by atoms with Crippen LogP contribution in [0.25, 0.3) is 5.65 Å². The number of carbonyl (C=O) groups excluding carboxylic acids is 1. The highest BCUT2D eigenvalue weighted by molar-refractivity contribution is 5.79. The highest BCUT2D eigenvalue weighted by Gasteiger charge is 2.30. The van der Waals surface area contributed by atoms with E-state index in [-0.39, 0.29) is 5.91 Å². The smallest absolute Gasteiger partial charge is 0.227 e. The normalized spacial score (nSPS) is 17.3. The van der Waals surface area contributed by atoms with Crippen LogP contribution in [0, 0.1) is 6.92 Å². The van der Waals surface area contributed by atoms with Gasteiger partial charge in [0.15, 0.2) is 11.5 Å². The highest BCUT2D eigenvalue weighted by Crippen LogP contribution is 2.38. The molecule has 3 aromatic rings. The van der Waals surface area contributed by atoms with Gasteiger partial charge >= 0.3 is 0 Å². The van der Waals surface area contributed by atoms with E-state index >= 15 is 0 Å². The first kappa shape index (κ1) is 17.2. The zero-order valence-electron chi connectivity index (χ0n) is 16.1. The number of carbonyl (C=O) groups is 1. The number of nitrogens with zero attached hydrogens (tertiary/aromatic N) is 6. The summed E-state index contributed by atoms with van der Waals surface area (Å²) >= 11 is 0. The van der Waals surface area contributed by atoms with E-state index in [9.17, 15) is 4.79 Å². The van der Waals surface area contributed by atoms with Gasteiger partial charge in [-0.1, -0.05) is 29.8 Å². The summed E-state index contributed by atoms with van der Waals surface area (Å²) in [6.07, 6.45) is 2.82. The summed E-state index contributed by atoms with van der Waals surface area (Å²) in [5.74, 6) is 2.61. The van der Waals surface area contributed by atoms with Crippen molar-refractivity contribution in [1.29, 1.82) is 0 Å².